The van der Waals surface area contributed by atoms with Crippen LogP contribution in [0.15, 0.2) is 48.5 Å². The Kier molecular flexibility index (Phi) is 7.36. The number of rotatable bonds is 7. The van der Waals surface area contributed by atoms with Crippen molar-refractivity contribution in [3.8, 4) is 11.1 Å². The molecule has 0 bridgehead atoms. The van der Waals surface area contributed by atoms with Crippen LogP contribution in [0.5, 0.6) is 0 Å². The molecule has 0 aliphatic rings. The van der Waals surface area contributed by atoms with Crippen molar-refractivity contribution in [2.24, 2.45) is 11.5 Å². The Morgan fingerprint density at radius 2 is 1.93 bits per heavy atom. The zero-order valence-corrected chi connectivity index (χ0v) is 15.7. The molecule has 6 N–H and O–H groups in total. The first kappa shape index (κ1) is 20.9. The predicted octanol–water partition coefficient (Wildman–Crippen LogP) is 3.19. The molecule has 27 heavy (non-hydrogen) atoms. The molecule has 0 radical (unpaired) electrons. The molecule has 1 heterocycles. The molecule has 0 saturated carbocycles. The Bertz CT molecular complexity index is 912. The first-order chi connectivity index (χ1) is 12.6. The molecule has 1 aromatic heterocycles. The van der Waals surface area contributed by atoms with Gasteiger partial charge in [-0.25, -0.2) is 4.39 Å². The van der Waals surface area contributed by atoms with Gasteiger partial charge in [0.1, 0.15) is 11.5 Å². The van der Waals surface area contributed by atoms with E-state index in [4.69, 9.17) is 11.5 Å². The molecular weight excluding hydrogens is 367 g/mol. The molecule has 0 aliphatic carbocycles. The summed E-state index contributed by atoms with van der Waals surface area (Å²) in [4.78, 5) is 15.4. The van der Waals surface area contributed by atoms with Gasteiger partial charge in [0.15, 0.2) is 0 Å². The lowest BCUT2D eigenvalue weighted by atomic mass is 10.0. The summed E-state index contributed by atoms with van der Waals surface area (Å²) in [6, 6.07) is 13.9. The Hall–Kier alpha value is -2.41. The van der Waals surface area contributed by atoms with E-state index in [0.29, 0.717) is 18.8 Å². The fraction of sp³-hybridized carbons (Fsp3) is 0.250. The van der Waals surface area contributed by atoms with Gasteiger partial charge in [-0.05, 0) is 54.8 Å². The molecule has 5 nitrogen and oxygen atoms in total. The highest BCUT2D eigenvalue weighted by molar-refractivity contribution is 5.98. The van der Waals surface area contributed by atoms with Crippen molar-refractivity contribution in [3.63, 3.8) is 0 Å². The second kappa shape index (κ2) is 9.50. The van der Waals surface area contributed by atoms with Gasteiger partial charge in [-0.3, -0.25) is 4.79 Å². The summed E-state index contributed by atoms with van der Waals surface area (Å²) in [5.74, 6) is -0.475. The number of fused-ring (bicyclic) bond motifs is 1. The number of aromatic amines is 1. The van der Waals surface area contributed by atoms with E-state index >= 15 is 0 Å². The Morgan fingerprint density at radius 1 is 1.15 bits per heavy atom. The number of nitrogens with two attached hydrogens (primary N) is 2. The summed E-state index contributed by atoms with van der Waals surface area (Å²) in [6.45, 7) is 1.00. The maximum atomic E-state index is 13.4. The minimum absolute atomic E-state index is 0. The third-order valence-electron chi connectivity index (χ3n) is 4.33. The Morgan fingerprint density at radius 3 is 2.67 bits per heavy atom. The summed E-state index contributed by atoms with van der Waals surface area (Å²) >= 11 is 0. The van der Waals surface area contributed by atoms with E-state index in [1.165, 1.54) is 12.1 Å². The Balaban J connectivity index is 0.00000261. The third kappa shape index (κ3) is 5.29. The monoisotopic (exact) mass is 390 g/mol. The van der Waals surface area contributed by atoms with Crippen molar-refractivity contribution < 1.29 is 9.18 Å². The number of carbonyl (C=O) groups excluding carboxylic acids is 1. The van der Waals surface area contributed by atoms with Crippen LogP contribution >= 0.6 is 12.4 Å². The van der Waals surface area contributed by atoms with Gasteiger partial charge in [0.05, 0.1) is 0 Å². The zero-order chi connectivity index (χ0) is 18.5. The molecule has 3 aromatic rings. The molecule has 1 amide bonds. The van der Waals surface area contributed by atoms with E-state index in [-0.39, 0.29) is 30.2 Å². The van der Waals surface area contributed by atoms with E-state index in [1.807, 2.05) is 24.3 Å². The standard InChI is InChI=1S/C20H23FN4O.ClH/c21-16-4-1-3-13(9-16)14-6-7-15-11-19(25-18(15)10-14)20(26)24-12-17(23)5-2-8-22;/h1,3-4,6-7,9-11,17,25H,2,5,8,12,22-23H2,(H,24,26);1H/t17-;/m0./s1. The van der Waals surface area contributed by atoms with Crippen LogP contribution in [0, 0.1) is 5.82 Å². The van der Waals surface area contributed by atoms with Gasteiger partial charge in [-0.1, -0.05) is 24.3 Å². The maximum Gasteiger partial charge on any atom is 0.267 e. The van der Waals surface area contributed by atoms with Crippen LogP contribution in [0.3, 0.4) is 0 Å². The van der Waals surface area contributed by atoms with E-state index in [9.17, 15) is 9.18 Å². The highest BCUT2D eigenvalue weighted by atomic mass is 35.5. The molecule has 0 spiro atoms. The molecule has 144 valence electrons. The number of hydrogen-bond acceptors (Lipinski definition) is 3. The van der Waals surface area contributed by atoms with Crippen LogP contribution in [-0.4, -0.2) is 30.0 Å². The summed E-state index contributed by atoms with van der Waals surface area (Å²) in [7, 11) is 0. The van der Waals surface area contributed by atoms with Crippen molar-refractivity contribution in [2.75, 3.05) is 13.1 Å². The highest BCUT2D eigenvalue weighted by Gasteiger charge is 2.11. The SMILES string of the molecule is Cl.NCCC[C@H](N)CNC(=O)c1cc2ccc(-c3cccc(F)c3)cc2[nH]1. The number of amides is 1. The van der Waals surface area contributed by atoms with Crippen LogP contribution < -0.4 is 16.8 Å². The topological polar surface area (TPSA) is 96.9 Å². The number of aromatic nitrogens is 1. The minimum Gasteiger partial charge on any atom is -0.351 e. The van der Waals surface area contributed by atoms with E-state index in [2.05, 4.69) is 10.3 Å². The number of nitrogens with one attached hydrogen (secondary N) is 2. The average molecular weight is 391 g/mol. The van der Waals surface area contributed by atoms with Crippen molar-refractivity contribution in [2.45, 2.75) is 18.9 Å². The van der Waals surface area contributed by atoms with Gasteiger partial charge in [-0.2, -0.15) is 0 Å². The second-order valence-electron chi connectivity index (χ2n) is 6.40. The number of carbonyl (C=O) groups is 1. The number of halogens is 2. The molecule has 1 atom stereocenters. The maximum absolute atomic E-state index is 13.4. The van der Waals surface area contributed by atoms with Gasteiger partial charge >= 0.3 is 0 Å². The van der Waals surface area contributed by atoms with E-state index in [1.54, 1.807) is 12.1 Å². The van der Waals surface area contributed by atoms with Crippen LogP contribution in [0.4, 0.5) is 4.39 Å². The number of H-pyrrole nitrogens is 1. The number of benzene rings is 2. The highest BCUT2D eigenvalue weighted by Crippen LogP contribution is 2.25. The van der Waals surface area contributed by atoms with Crippen molar-refractivity contribution in [1.82, 2.24) is 10.3 Å². The molecule has 3 rings (SSSR count). The molecule has 0 aliphatic heterocycles. The van der Waals surface area contributed by atoms with Gasteiger partial charge in [-0.15, -0.1) is 12.4 Å². The summed E-state index contributed by atoms with van der Waals surface area (Å²) in [5.41, 5.74) is 14.4. The lowest BCUT2D eigenvalue weighted by Crippen LogP contribution is -2.37. The summed E-state index contributed by atoms with van der Waals surface area (Å²) in [5, 5.41) is 3.76. The molecule has 0 unspecified atom stereocenters. The lowest BCUT2D eigenvalue weighted by molar-refractivity contribution is 0.0946. The van der Waals surface area contributed by atoms with E-state index in [0.717, 1.165) is 34.9 Å². The van der Waals surface area contributed by atoms with Crippen LogP contribution in [-0.2, 0) is 0 Å². The van der Waals surface area contributed by atoms with Gasteiger partial charge in [0.25, 0.3) is 5.91 Å². The normalized spacial score (nSPS) is 11.8. The average Bonchev–Trinajstić information content (AvgIpc) is 3.07. The zero-order valence-electron chi connectivity index (χ0n) is 14.9. The molecule has 0 saturated heterocycles. The van der Waals surface area contributed by atoms with Crippen LogP contribution in [0.1, 0.15) is 23.3 Å². The largest absolute Gasteiger partial charge is 0.351 e. The summed E-state index contributed by atoms with van der Waals surface area (Å²) in [6.07, 6.45) is 1.62. The first-order valence-electron chi connectivity index (χ1n) is 8.69. The van der Waals surface area contributed by atoms with Crippen molar-refractivity contribution in [3.05, 3.63) is 60.0 Å². The third-order valence-corrected chi connectivity index (χ3v) is 4.33. The fourth-order valence-electron chi connectivity index (χ4n) is 2.90. The molecule has 2 aromatic carbocycles. The second-order valence-corrected chi connectivity index (χ2v) is 6.40. The number of hydrogen-bond donors (Lipinski definition) is 4. The Labute approximate surface area is 163 Å². The minimum atomic E-state index is -0.278. The fourth-order valence-corrected chi connectivity index (χ4v) is 2.90. The predicted molar refractivity (Wildman–Crippen MR) is 110 cm³/mol. The first-order valence-corrected chi connectivity index (χ1v) is 8.69. The van der Waals surface area contributed by atoms with Gasteiger partial charge in [0, 0.05) is 23.5 Å². The molecule has 7 heteroatoms. The van der Waals surface area contributed by atoms with Gasteiger partial charge < -0.3 is 21.8 Å². The van der Waals surface area contributed by atoms with E-state index < -0.39 is 0 Å². The van der Waals surface area contributed by atoms with Crippen molar-refractivity contribution >= 4 is 29.2 Å². The molecular formula is C20H24ClFN4O. The quantitative estimate of drug-likeness (QED) is 0.498. The summed E-state index contributed by atoms with van der Waals surface area (Å²) < 4.78 is 13.4. The van der Waals surface area contributed by atoms with Gasteiger partial charge in [0.2, 0.25) is 0 Å². The van der Waals surface area contributed by atoms with Crippen LogP contribution in [0.25, 0.3) is 22.0 Å². The lowest BCUT2D eigenvalue weighted by Gasteiger charge is -2.11. The van der Waals surface area contributed by atoms with Crippen LogP contribution in [0.2, 0.25) is 0 Å². The van der Waals surface area contributed by atoms with Crippen molar-refractivity contribution in [1.29, 1.82) is 0 Å². The smallest absolute Gasteiger partial charge is 0.267 e. The molecule has 0 fully saturated rings.